The first-order chi connectivity index (χ1) is 9.63. The summed E-state index contributed by atoms with van der Waals surface area (Å²) in [6.07, 6.45) is 2.06. The van der Waals surface area contributed by atoms with Crippen LogP contribution in [0.1, 0.15) is 31.5 Å². The van der Waals surface area contributed by atoms with Crippen molar-refractivity contribution in [2.75, 3.05) is 11.9 Å². The molecular formula is C16H20BrN3. The van der Waals surface area contributed by atoms with Gasteiger partial charge >= 0.3 is 0 Å². The molecule has 0 amide bonds. The van der Waals surface area contributed by atoms with Crippen LogP contribution in [0.3, 0.4) is 0 Å². The summed E-state index contributed by atoms with van der Waals surface area (Å²) in [6, 6.07) is 8.24. The zero-order valence-corrected chi connectivity index (χ0v) is 13.8. The minimum Gasteiger partial charge on any atom is -0.370 e. The first-order valence-corrected chi connectivity index (χ1v) is 7.81. The Hall–Kier alpha value is -1.42. The molecule has 1 heterocycles. The second kappa shape index (κ2) is 6.84. The lowest BCUT2D eigenvalue weighted by Gasteiger charge is -2.10. The summed E-state index contributed by atoms with van der Waals surface area (Å²) in [5.74, 6) is 1.71. The van der Waals surface area contributed by atoms with Gasteiger partial charge in [0.2, 0.25) is 0 Å². The summed E-state index contributed by atoms with van der Waals surface area (Å²) >= 11 is 3.49. The molecule has 1 N–H and O–H groups in total. The van der Waals surface area contributed by atoms with E-state index in [-0.39, 0.29) is 0 Å². The van der Waals surface area contributed by atoms with Crippen molar-refractivity contribution in [2.45, 2.75) is 33.6 Å². The van der Waals surface area contributed by atoms with Gasteiger partial charge in [-0.3, -0.25) is 0 Å². The van der Waals surface area contributed by atoms with Crippen LogP contribution in [0.4, 0.5) is 5.82 Å². The van der Waals surface area contributed by atoms with Crippen LogP contribution < -0.4 is 5.32 Å². The molecule has 0 unspecified atom stereocenters. The molecule has 0 spiro atoms. The van der Waals surface area contributed by atoms with E-state index in [0.29, 0.717) is 0 Å². The number of nitrogens with one attached hydrogen (secondary N) is 1. The number of halogens is 1. The third kappa shape index (κ3) is 3.57. The van der Waals surface area contributed by atoms with E-state index in [4.69, 9.17) is 4.98 Å². The zero-order chi connectivity index (χ0) is 14.5. The fourth-order valence-electron chi connectivity index (χ4n) is 2.15. The molecule has 0 fully saturated rings. The topological polar surface area (TPSA) is 37.8 Å². The molecule has 1 aromatic carbocycles. The Labute approximate surface area is 129 Å². The predicted octanol–water partition coefficient (Wildman–Crippen LogP) is 4.60. The van der Waals surface area contributed by atoms with Crippen LogP contribution in [0.2, 0.25) is 0 Å². The minimum atomic E-state index is 0.803. The maximum Gasteiger partial charge on any atom is 0.162 e. The molecule has 0 saturated carbocycles. The lowest BCUT2D eigenvalue weighted by atomic mass is 10.1. The van der Waals surface area contributed by atoms with E-state index >= 15 is 0 Å². The van der Waals surface area contributed by atoms with Crippen LogP contribution >= 0.6 is 15.9 Å². The number of hydrogen-bond acceptors (Lipinski definition) is 3. The highest BCUT2D eigenvalue weighted by atomic mass is 79.9. The molecule has 20 heavy (non-hydrogen) atoms. The Bertz CT molecular complexity index is 572. The maximum atomic E-state index is 4.70. The van der Waals surface area contributed by atoms with Crippen LogP contribution in [-0.4, -0.2) is 16.5 Å². The van der Waals surface area contributed by atoms with E-state index in [1.807, 2.05) is 12.1 Å². The van der Waals surface area contributed by atoms with Gasteiger partial charge in [0.15, 0.2) is 5.82 Å². The molecule has 0 saturated heterocycles. The molecule has 4 heteroatoms. The van der Waals surface area contributed by atoms with Crippen molar-refractivity contribution in [3.05, 3.63) is 40.0 Å². The van der Waals surface area contributed by atoms with E-state index in [0.717, 1.165) is 46.8 Å². The predicted molar refractivity (Wildman–Crippen MR) is 88.1 cm³/mol. The average molecular weight is 334 g/mol. The first kappa shape index (κ1) is 15.0. The van der Waals surface area contributed by atoms with Crippen molar-refractivity contribution in [3.8, 4) is 11.4 Å². The van der Waals surface area contributed by atoms with Gasteiger partial charge in [-0.2, -0.15) is 0 Å². The van der Waals surface area contributed by atoms with Crippen molar-refractivity contribution >= 4 is 21.7 Å². The smallest absolute Gasteiger partial charge is 0.162 e. The molecule has 2 aromatic rings. The standard InChI is InChI=1S/C16H20BrN3/c1-4-6-13-10-15(18-5-2)20-16(19-13)14-8-7-12(17)9-11(14)3/h7-10H,4-6H2,1-3H3,(H,18,19,20). The molecule has 0 atom stereocenters. The van der Waals surface area contributed by atoms with Crippen molar-refractivity contribution in [1.29, 1.82) is 0 Å². The van der Waals surface area contributed by atoms with E-state index in [1.54, 1.807) is 0 Å². The molecule has 0 bridgehead atoms. The Kier molecular flexibility index (Phi) is 5.12. The van der Waals surface area contributed by atoms with Crippen LogP contribution in [0, 0.1) is 6.92 Å². The third-order valence-corrected chi connectivity index (χ3v) is 3.57. The third-order valence-electron chi connectivity index (χ3n) is 3.07. The number of aromatic nitrogens is 2. The quantitative estimate of drug-likeness (QED) is 0.868. The SMILES string of the molecule is CCCc1cc(NCC)nc(-c2ccc(Br)cc2C)n1. The highest BCUT2D eigenvalue weighted by Gasteiger charge is 2.09. The summed E-state index contributed by atoms with van der Waals surface area (Å²) in [7, 11) is 0. The van der Waals surface area contributed by atoms with E-state index < -0.39 is 0 Å². The average Bonchev–Trinajstić information content (AvgIpc) is 2.39. The fraction of sp³-hybridized carbons (Fsp3) is 0.375. The number of rotatable bonds is 5. The van der Waals surface area contributed by atoms with Gasteiger partial charge in [-0.1, -0.05) is 29.3 Å². The van der Waals surface area contributed by atoms with Gasteiger partial charge in [-0.15, -0.1) is 0 Å². The lowest BCUT2D eigenvalue weighted by Crippen LogP contribution is -2.04. The molecular weight excluding hydrogens is 314 g/mol. The summed E-state index contributed by atoms with van der Waals surface area (Å²) in [5, 5.41) is 3.29. The van der Waals surface area contributed by atoms with Gasteiger partial charge in [-0.05, 0) is 44.0 Å². The number of aryl methyl sites for hydroxylation is 2. The number of anilines is 1. The van der Waals surface area contributed by atoms with E-state index in [1.165, 1.54) is 5.56 Å². The summed E-state index contributed by atoms with van der Waals surface area (Å²) < 4.78 is 1.08. The van der Waals surface area contributed by atoms with E-state index in [2.05, 4.69) is 59.1 Å². The van der Waals surface area contributed by atoms with Crippen molar-refractivity contribution in [3.63, 3.8) is 0 Å². The second-order valence-electron chi connectivity index (χ2n) is 4.81. The van der Waals surface area contributed by atoms with Crippen LogP contribution in [0.25, 0.3) is 11.4 Å². The second-order valence-corrected chi connectivity index (χ2v) is 5.72. The number of nitrogens with zero attached hydrogens (tertiary/aromatic N) is 2. The summed E-state index contributed by atoms with van der Waals surface area (Å²) in [5.41, 5.74) is 3.36. The van der Waals surface area contributed by atoms with Gasteiger partial charge in [0.25, 0.3) is 0 Å². The van der Waals surface area contributed by atoms with Gasteiger partial charge in [0, 0.05) is 28.3 Å². The van der Waals surface area contributed by atoms with Gasteiger partial charge in [0.05, 0.1) is 0 Å². The van der Waals surface area contributed by atoms with Crippen LogP contribution in [0.5, 0.6) is 0 Å². The Morgan fingerprint density at radius 3 is 2.60 bits per heavy atom. The number of benzene rings is 1. The van der Waals surface area contributed by atoms with E-state index in [9.17, 15) is 0 Å². The highest BCUT2D eigenvalue weighted by molar-refractivity contribution is 9.10. The molecule has 0 radical (unpaired) electrons. The Balaban J connectivity index is 2.48. The molecule has 0 aliphatic carbocycles. The minimum absolute atomic E-state index is 0.803. The van der Waals surface area contributed by atoms with Crippen LogP contribution in [0.15, 0.2) is 28.7 Å². The zero-order valence-electron chi connectivity index (χ0n) is 12.2. The molecule has 1 aromatic heterocycles. The van der Waals surface area contributed by atoms with Crippen molar-refractivity contribution < 1.29 is 0 Å². The number of hydrogen-bond donors (Lipinski definition) is 1. The van der Waals surface area contributed by atoms with Crippen molar-refractivity contribution in [2.24, 2.45) is 0 Å². The highest BCUT2D eigenvalue weighted by Crippen LogP contribution is 2.25. The summed E-state index contributed by atoms with van der Waals surface area (Å²) in [4.78, 5) is 9.33. The first-order valence-electron chi connectivity index (χ1n) is 7.02. The lowest BCUT2D eigenvalue weighted by molar-refractivity contribution is 0.874. The molecule has 2 rings (SSSR count). The molecule has 0 aliphatic heterocycles. The van der Waals surface area contributed by atoms with Crippen LogP contribution in [-0.2, 0) is 6.42 Å². The fourth-order valence-corrected chi connectivity index (χ4v) is 2.63. The summed E-state index contributed by atoms with van der Waals surface area (Å²) in [6.45, 7) is 7.19. The molecule has 106 valence electrons. The molecule has 0 aliphatic rings. The Morgan fingerprint density at radius 1 is 1.15 bits per heavy atom. The van der Waals surface area contributed by atoms with Crippen molar-refractivity contribution in [1.82, 2.24) is 9.97 Å². The maximum absolute atomic E-state index is 4.70. The monoisotopic (exact) mass is 333 g/mol. The van der Waals surface area contributed by atoms with Gasteiger partial charge < -0.3 is 5.32 Å². The van der Waals surface area contributed by atoms with Gasteiger partial charge in [0.1, 0.15) is 5.82 Å². The van der Waals surface area contributed by atoms with Gasteiger partial charge in [-0.25, -0.2) is 9.97 Å². The largest absolute Gasteiger partial charge is 0.370 e. The molecule has 3 nitrogen and oxygen atoms in total. The normalized spacial score (nSPS) is 10.6. The Morgan fingerprint density at radius 2 is 1.95 bits per heavy atom.